The largest absolute Gasteiger partial charge is 0.478 e. The summed E-state index contributed by atoms with van der Waals surface area (Å²) >= 11 is 0. The lowest BCUT2D eigenvalue weighted by Gasteiger charge is -2.00. The molecule has 6 heteroatoms. The maximum Gasteiger partial charge on any atom is 0.335 e. The molecule has 4 rings (SSSR count). The minimum Gasteiger partial charge on any atom is -0.478 e. The maximum atomic E-state index is 10.9. The van der Waals surface area contributed by atoms with Gasteiger partial charge in [-0.1, -0.05) is 12.1 Å². The van der Waals surface area contributed by atoms with E-state index in [-0.39, 0.29) is 5.56 Å². The average molecular weight is 320 g/mol. The summed E-state index contributed by atoms with van der Waals surface area (Å²) < 4.78 is 0. The van der Waals surface area contributed by atoms with Crippen molar-refractivity contribution in [2.75, 3.05) is 0 Å². The van der Waals surface area contributed by atoms with Gasteiger partial charge in [0.2, 0.25) is 0 Å². The molecule has 1 aliphatic carbocycles. The SMILES string of the molecule is NC(=NC1CC1)c1ccc2nc(-c3ccc(C(=O)O)cc3)[nH]c2c1. The van der Waals surface area contributed by atoms with Crippen molar-refractivity contribution in [3.63, 3.8) is 0 Å². The predicted molar refractivity (Wildman–Crippen MR) is 92.2 cm³/mol. The van der Waals surface area contributed by atoms with E-state index < -0.39 is 5.97 Å². The van der Waals surface area contributed by atoms with Gasteiger partial charge in [-0.3, -0.25) is 4.99 Å². The molecule has 0 saturated heterocycles. The van der Waals surface area contributed by atoms with Crippen LogP contribution in [0.5, 0.6) is 0 Å². The number of imidazole rings is 1. The van der Waals surface area contributed by atoms with Crippen LogP contribution in [0.15, 0.2) is 47.5 Å². The molecule has 24 heavy (non-hydrogen) atoms. The van der Waals surface area contributed by atoms with Crippen LogP contribution in [-0.2, 0) is 0 Å². The Morgan fingerprint density at radius 1 is 1.17 bits per heavy atom. The quantitative estimate of drug-likeness (QED) is 0.508. The second-order valence-corrected chi connectivity index (χ2v) is 5.95. The summed E-state index contributed by atoms with van der Waals surface area (Å²) in [6, 6.07) is 12.8. The van der Waals surface area contributed by atoms with Crippen LogP contribution in [0.4, 0.5) is 0 Å². The number of hydrogen-bond acceptors (Lipinski definition) is 3. The number of rotatable bonds is 4. The number of carboxylic acid groups (broad SMARTS) is 1. The summed E-state index contributed by atoms with van der Waals surface area (Å²) in [7, 11) is 0. The lowest BCUT2D eigenvalue weighted by molar-refractivity contribution is 0.0697. The minimum absolute atomic E-state index is 0.251. The average Bonchev–Trinajstić information content (AvgIpc) is 3.29. The van der Waals surface area contributed by atoms with E-state index in [0.717, 1.165) is 35.0 Å². The van der Waals surface area contributed by atoms with Crippen LogP contribution in [0.1, 0.15) is 28.8 Å². The van der Waals surface area contributed by atoms with Gasteiger partial charge in [-0.15, -0.1) is 0 Å². The van der Waals surface area contributed by atoms with E-state index >= 15 is 0 Å². The molecule has 0 spiro atoms. The number of hydrogen-bond donors (Lipinski definition) is 3. The van der Waals surface area contributed by atoms with E-state index in [9.17, 15) is 4.79 Å². The highest BCUT2D eigenvalue weighted by molar-refractivity contribution is 6.00. The Morgan fingerprint density at radius 2 is 1.88 bits per heavy atom. The minimum atomic E-state index is -0.943. The van der Waals surface area contributed by atoms with Crippen LogP contribution in [0.3, 0.4) is 0 Å². The van der Waals surface area contributed by atoms with E-state index in [1.165, 1.54) is 0 Å². The number of carbonyl (C=O) groups is 1. The molecule has 4 N–H and O–H groups in total. The molecule has 0 atom stereocenters. The Balaban J connectivity index is 1.68. The van der Waals surface area contributed by atoms with Gasteiger partial charge in [0.05, 0.1) is 22.6 Å². The highest BCUT2D eigenvalue weighted by Gasteiger charge is 2.20. The molecule has 0 bridgehead atoms. The van der Waals surface area contributed by atoms with Crippen LogP contribution in [-0.4, -0.2) is 32.9 Å². The number of nitrogens with zero attached hydrogens (tertiary/aromatic N) is 2. The van der Waals surface area contributed by atoms with Gasteiger partial charge < -0.3 is 15.8 Å². The summed E-state index contributed by atoms with van der Waals surface area (Å²) in [6.07, 6.45) is 2.23. The predicted octanol–water partition coefficient (Wildman–Crippen LogP) is 2.80. The van der Waals surface area contributed by atoms with E-state index in [4.69, 9.17) is 10.8 Å². The molecule has 0 amide bonds. The fourth-order valence-corrected chi connectivity index (χ4v) is 2.55. The number of carboxylic acids is 1. The fourth-order valence-electron chi connectivity index (χ4n) is 2.55. The van der Waals surface area contributed by atoms with Crippen LogP contribution in [0, 0.1) is 0 Å². The first-order valence-electron chi connectivity index (χ1n) is 7.77. The van der Waals surface area contributed by atoms with Gasteiger partial charge in [-0.2, -0.15) is 0 Å². The van der Waals surface area contributed by atoms with Crippen molar-refractivity contribution in [2.45, 2.75) is 18.9 Å². The maximum absolute atomic E-state index is 10.9. The van der Waals surface area contributed by atoms with Crippen molar-refractivity contribution in [1.82, 2.24) is 9.97 Å². The van der Waals surface area contributed by atoms with Gasteiger partial charge in [-0.25, -0.2) is 9.78 Å². The number of aliphatic imine (C=N–C) groups is 1. The summed E-state index contributed by atoms with van der Waals surface area (Å²) in [6.45, 7) is 0. The molecule has 0 unspecified atom stereocenters. The molecule has 0 radical (unpaired) electrons. The third-order valence-corrected chi connectivity index (χ3v) is 4.05. The van der Waals surface area contributed by atoms with Crippen molar-refractivity contribution < 1.29 is 9.90 Å². The summed E-state index contributed by atoms with van der Waals surface area (Å²) in [4.78, 5) is 23.2. The Hall–Kier alpha value is -3.15. The summed E-state index contributed by atoms with van der Waals surface area (Å²) in [5.74, 6) is 0.305. The van der Waals surface area contributed by atoms with Crippen LogP contribution in [0.25, 0.3) is 22.4 Å². The van der Waals surface area contributed by atoms with Crippen molar-refractivity contribution in [2.24, 2.45) is 10.7 Å². The first kappa shape index (κ1) is 14.4. The standard InChI is InChI=1S/C18H16N4O2/c19-16(20-13-6-7-13)12-5-8-14-15(9-12)22-17(21-14)10-1-3-11(4-2-10)18(23)24/h1-5,8-9,13H,6-7H2,(H2,19,20)(H,21,22)(H,23,24). The number of nitrogens with one attached hydrogen (secondary N) is 1. The smallest absolute Gasteiger partial charge is 0.335 e. The lowest BCUT2D eigenvalue weighted by Crippen LogP contribution is -2.14. The highest BCUT2D eigenvalue weighted by atomic mass is 16.4. The van der Waals surface area contributed by atoms with Crippen LogP contribution >= 0.6 is 0 Å². The zero-order valence-electron chi connectivity index (χ0n) is 12.9. The van der Waals surface area contributed by atoms with Crippen molar-refractivity contribution in [1.29, 1.82) is 0 Å². The fraction of sp³-hybridized carbons (Fsp3) is 0.167. The normalized spacial score (nSPS) is 14.9. The molecular formula is C18H16N4O2. The number of benzene rings is 2. The second-order valence-electron chi connectivity index (χ2n) is 5.95. The molecule has 2 aromatic carbocycles. The van der Waals surface area contributed by atoms with Gasteiger partial charge in [-0.05, 0) is 43.2 Å². The molecule has 6 nitrogen and oxygen atoms in total. The van der Waals surface area contributed by atoms with Crippen molar-refractivity contribution >= 4 is 22.8 Å². The third kappa shape index (κ3) is 2.74. The molecule has 1 heterocycles. The molecule has 120 valence electrons. The molecule has 1 saturated carbocycles. The van der Waals surface area contributed by atoms with Gasteiger partial charge >= 0.3 is 5.97 Å². The molecule has 1 aliphatic rings. The number of amidine groups is 1. The van der Waals surface area contributed by atoms with E-state index in [2.05, 4.69) is 15.0 Å². The van der Waals surface area contributed by atoms with E-state index in [1.807, 2.05) is 18.2 Å². The van der Waals surface area contributed by atoms with Gasteiger partial charge in [0.15, 0.2) is 0 Å². The number of aromatic amines is 1. The summed E-state index contributed by atoms with van der Waals surface area (Å²) in [5.41, 5.74) is 9.72. The Morgan fingerprint density at radius 3 is 2.54 bits per heavy atom. The van der Waals surface area contributed by atoms with E-state index in [1.54, 1.807) is 24.3 Å². The van der Waals surface area contributed by atoms with E-state index in [0.29, 0.717) is 17.7 Å². The molecule has 1 aromatic heterocycles. The Labute approximate surface area is 138 Å². The monoisotopic (exact) mass is 320 g/mol. The molecule has 0 aliphatic heterocycles. The Kier molecular flexibility index (Phi) is 3.30. The molecular weight excluding hydrogens is 304 g/mol. The first-order valence-corrected chi connectivity index (χ1v) is 7.77. The van der Waals surface area contributed by atoms with Crippen LogP contribution < -0.4 is 5.73 Å². The van der Waals surface area contributed by atoms with Crippen molar-refractivity contribution in [3.05, 3.63) is 53.6 Å². The topological polar surface area (TPSA) is 104 Å². The number of aromatic nitrogens is 2. The van der Waals surface area contributed by atoms with Gasteiger partial charge in [0, 0.05) is 11.1 Å². The number of aromatic carboxylic acids is 1. The van der Waals surface area contributed by atoms with Gasteiger partial charge in [0.25, 0.3) is 0 Å². The van der Waals surface area contributed by atoms with Crippen LogP contribution in [0.2, 0.25) is 0 Å². The highest BCUT2D eigenvalue weighted by Crippen LogP contribution is 2.25. The first-order chi connectivity index (χ1) is 11.6. The number of H-pyrrole nitrogens is 1. The third-order valence-electron chi connectivity index (χ3n) is 4.05. The molecule has 3 aromatic rings. The number of nitrogens with two attached hydrogens (primary N) is 1. The second kappa shape index (κ2) is 5.49. The molecule has 1 fully saturated rings. The number of fused-ring (bicyclic) bond motifs is 1. The van der Waals surface area contributed by atoms with Crippen molar-refractivity contribution in [3.8, 4) is 11.4 Å². The lowest BCUT2D eigenvalue weighted by atomic mass is 10.1. The summed E-state index contributed by atoms with van der Waals surface area (Å²) in [5, 5.41) is 8.96. The zero-order valence-corrected chi connectivity index (χ0v) is 12.9. The Bertz CT molecular complexity index is 953. The van der Waals surface area contributed by atoms with Gasteiger partial charge in [0.1, 0.15) is 11.7 Å². The zero-order chi connectivity index (χ0) is 16.7.